The van der Waals surface area contributed by atoms with Crippen LogP contribution in [0, 0.1) is 0 Å². The highest BCUT2D eigenvalue weighted by Gasteiger charge is 2.09. The molecule has 0 radical (unpaired) electrons. The molecule has 0 aliphatic heterocycles. The molecule has 2 atom stereocenters. The highest BCUT2D eigenvalue weighted by molar-refractivity contribution is 7.88. The predicted octanol–water partition coefficient (Wildman–Crippen LogP) is 2.85. The fourth-order valence-corrected chi connectivity index (χ4v) is 2.34. The number of allylic oxidation sites excluding steroid dienone is 1. The minimum atomic E-state index is -0.738. The third-order valence-electron chi connectivity index (χ3n) is 1.66. The Labute approximate surface area is 72.3 Å². The van der Waals surface area contributed by atoms with Gasteiger partial charge in [0.2, 0.25) is 0 Å². The Morgan fingerprint density at radius 1 is 1.45 bits per heavy atom. The fourth-order valence-electron chi connectivity index (χ4n) is 1.05. The quantitative estimate of drug-likeness (QED) is 0.626. The maximum absolute atomic E-state index is 11.4. The van der Waals surface area contributed by atoms with Crippen LogP contribution in [0.25, 0.3) is 0 Å². The van der Waals surface area contributed by atoms with E-state index < -0.39 is 10.8 Å². The summed E-state index contributed by atoms with van der Waals surface area (Å²) in [6, 6.07) is 0. The van der Waals surface area contributed by atoms with Gasteiger partial charge in [-0.3, -0.25) is 4.21 Å². The summed E-state index contributed by atoms with van der Waals surface area (Å²) in [5.74, 6) is 0. The summed E-state index contributed by atoms with van der Waals surface area (Å²) in [4.78, 5) is 0. The molecule has 0 aromatic heterocycles. The van der Waals surface area contributed by atoms with Crippen molar-refractivity contribution in [3.05, 3.63) is 11.5 Å². The van der Waals surface area contributed by atoms with Crippen molar-refractivity contribution in [3.63, 3.8) is 0 Å². The van der Waals surface area contributed by atoms with Gasteiger partial charge in [-0.05, 0) is 25.2 Å². The van der Waals surface area contributed by atoms with Crippen molar-refractivity contribution in [1.29, 1.82) is 0 Å². The monoisotopic (exact) mass is 174 g/mol. The van der Waals surface area contributed by atoms with Crippen molar-refractivity contribution in [2.75, 3.05) is 0 Å². The summed E-state index contributed by atoms with van der Waals surface area (Å²) in [7, 11) is -0.738. The van der Waals surface area contributed by atoms with Crippen LogP contribution in [0.2, 0.25) is 0 Å². The first-order valence-corrected chi connectivity index (χ1v) is 5.56. The molecule has 0 aromatic carbocycles. The van der Waals surface area contributed by atoms with E-state index in [9.17, 15) is 4.21 Å². The maximum atomic E-state index is 11.4. The van der Waals surface area contributed by atoms with Gasteiger partial charge in [0.25, 0.3) is 0 Å². The molecule has 0 spiro atoms. The second kappa shape index (κ2) is 6.59. The van der Waals surface area contributed by atoms with Gasteiger partial charge in [0.15, 0.2) is 0 Å². The summed E-state index contributed by atoms with van der Waals surface area (Å²) in [5.41, 5.74) is 0. The molecule has 66 valence electrons. The minimum absolute atomic E-state index is 0.371. The zero-order valence-electron chi connectivity index (χ0n) is 7.67. The molecule has 0 fully saturated rings. The van der Waals surface area contributed by atoms with Crippen LogP contribution >= 0.6 is 0 Å². The Morgan fingerprint density at radius 3 is 2.45 bits per heavy atom. The van der Waals surface area contributed by atoms with E-state index in [-0.39, 0.29) is 0 Å². The highest BCUT2D eigenvalue weighted by Crippen LogP contribution is 2.10. The van der Waals surface area contributed by atoms with Crippen LogP contribution in [-0.2, 0) is 10.8 Å². The first kappa shape index (κ1) is 10.9. The Morgan fingerprint density at radius 2 is 2.09 bits per heavy atom. The summed E-state index contributed by atoms with van der Waals surface area (Å²) < 4.78 is 11.4. The maximum Gasteiger partial charge on any atom is 0.0483 e. The molecule has 2 unspecified atom stereocenters. The molecule has 1 nitrogen and oxygen atoms in total. The standard InChI is InChI=1S/C9H18OS/c1-4-7-9(6-3)11(10)8-5-2/h5,8-9H,4,6-7H2,1-3H3/b8-5+. The predicted molar refractivity (Wildman–Crippen MR) is 51.9 cm³/mol. The zero-order chi connectivity index (χ0) is 8.69. The van der Waals surface area contributed by atoms with Gasteiger partial charge < -0.3 is 0 Å². The summed E-state index contributed by atoms with van der Waals surface area (Å²) in [5, 5.41) is 2.17. The molecule has 0 N–H and O–H groups in total. The van der Waals surface area contributed by atoms with E-state index in [0.717, 1.165) is 19.3 Å². The van der Waals surface area contributed by atoms with E-state index in [1.165, 1.54) is 0 Å². The summed E-state index contributed by atoms with van der Waals surface area (Å²) in [6.45, 7) is 6.15. The van der Waals surface area contributed by atoms with E-state index >= 15 is 0 Å². The van der Waals surface area contributed by atoms with Crippen molar-refractivity contribution in [2.45, 2.75) is 45.3 Å². The Balaban J connectivity index is 3.91. The third-order valence-corrected chi connectivity index (χ3v) is 3.43. The summed E-state index contributed by atoms with van der Waals surface area (Å²) >= 11 is 0. The lowest BCUT2D eigenvalue weighted by Crippen LogP contribution is -2.11. The van der Waals surface area contributed by atoms with Crippen molar-refractivity contribution >= 4 is 10.8 Å². The van der Waals surface area contributed by atoms with Gasteiger partial charge in [-0.2, -0.15) is 0 Å². The zero-order valence-corrected chi connectivity index (χ0v) is 8.49. The van der Waals surface area contributed by atoms with E-state index in [4.69, 9.17) is 0 Å². The Bertz CT molecular complexity index is 140. The molecular weight excluding hydrogens is 156 g/mol. The second-order valence-corrected chi connectivity index (χ2v) is 4.21. The van der Waals surface area contributed by atoms with Gasteiger partial charge in [0.05, 0.1) is 0 Å². The van der Waals surface area contributed by atoms with Gasteiger partial charge in [-0.15, -0.1) is 0 Å². The molecule has 0 aromatic rings. The van der Waals surface area contributed by atoms with Gasteiger partial charge in [-0.1, -0.05) is 26.3 Å². The third kappa shape index (κ3) is 4.35. The molecule has 2 heteroatoms. The Hall–Kier alpha value is -0.110. The molecular formula is C9H18OS. The lowest BCUT2D eigenvalue weighted by Gasteiger charge is -2.09. The highest BCUT2D eigenvalue weighted by atomic mass is 32.2. The molecule has 0 saturated carbocycles. The first-order chi connectivity index (χ1) is 5.26. The minimum Gasteiger partial charge on any atom is -0.255 e. The molecule has 0 rings (SSSR count). The van der Waals surface area contributed by atoms with Crippen molar-refractivity contribution < 1.29 is 4.21 Å². The first-order valence-electron chi connectivity index (χ1n) is 4.28. The van der Waals surface area contributed by atoms with E-state index in [0.29, 0.717) is 5.25 Å². The molecule has 0 heterocycles. The van der Waals surface area contributed by atoms with Crippen LogP contribution in [-0.4, -0.2) is 9.46 Å². The van der Waals surface area contributed by atoms with Crippen LogP contribution in [0.4, 0.5) is 0 Å². The van der Waals surface area contributed by atoms with Crippen molar-refractivity contribution in [3.8, 4) is 0 Å². The normalized spacial score (nSPS) is 17.0. The lowest BCUT2D eigenvalue weighted by molar-refractivity contribution is 0.649. The molecule has 0 amide bonds. The molecule has 11 heavy (non-hydrogen) atoms. The second-order valence-electron chi connectivity index (χ2n) is 2.62. The fraction of sp³-hybridized carbons (Fsp3) is 0.778. The Kier molecular flexibility index (Phi) is 6.52. The topological polar surface area (TPSA) is 17.1 Å². The number of hydrogen-bond donors (Lipinski definition) is 0. The van der Waals surface area contributed by atoms with E-state index in [2.05, 4.69) is 13.8 Å². The van der Waals surface area contributed by atoms with E-state index in [1.54, 1.807) is 5.41 Å². The lowest BCUT2D eigenvalue weighted by atomic mass is 10.2. The molecule has 0 aliphatic rings. The van der Waals surface area contributed by atoms with Crippen LogP contribution in [0.5, 0.6) is 0 Å². The SMILES string of the molecule is C/C=C/S(=O)C(CC)CCC. The molecule has 0 aliphatic carbocycles. The van der Waals surface area contributed by atoms with Crippen molar-refractivity contribution in [2.24, 2.45) is 0 Å². The van der Waals surface area contributed by atoms with Crippen LogP contribution in [0.15, 0.2) is 11.5 Å². The average molecular weight is 174 g/mol. The summed E-state index contributed by atoms with van der Waals surface area (Å²) in [6.07, 6.45) is 5.09. The number of rotatable bonds is 5. The van der Waals surface area contributed by atoms with Gasteiger partial charge in [0, 0.05) is 16.0 Å². The smallest absolute Gasteiger partial charge is 0.0483 e. The number of hydrogen-bond acceptors (Lipinski definition) is 1. The van der Waals surface area contributed by atoms with Gasteiger partial charge in [0.1, 0.15) is 0 Å². The largest absolute Gasteiger partial charge is 0.255 e. The molecule has 0 saturated heterocycles. The van der Waals surface area contributed by atoms with Crippen LogP contribution in [0.1, 0.15) is 40.0 Å². The van der Waals surface area contributed by atoms with Crippen molar-refractivity contribution in [1.82, 2.24) is 0 Å². The van der Waals surface area contributed by atoms with Gasteiger partial charge in [-0.25, -0.2) is 0 Å². The van der Waals surface area contributed by atoms with E-state index in [1.807, 2.05) is 13.0 Å². The van der Waals surface area contributed by atoms with Gasteiger partial charge >= 0.3 is 0 Å². The van der Waals surface area contributed by atoms with Crippen LogP contribution in [0.3, 0.4) is 0 Å². The van der Waals surface area contributed by atoms with Crippen LogP contribution < -0.4 is 0 Å². The average Bonchev–Trinajstić information content (AvgIpc) is 2.00. The molecule has 0 bridgehead atoms.